The number of aryl methyl sites for hydroxylation is 2. The molecule has 21 heavy (non-hydrogen) atoms. The Morgan fingerprint density at radius 3 is 2.52 bits per heavy atom. The van der Waals surface area contributed by atoms with Crippen molar-refractivity contribution < 1.29 is 9.13 Å². The summed E-state index contributed by atoms with van der Waals surface area (Å²) < 4.78 is 20.2. The molecule has 1 aromatic heterocycles. The van der Waals surface area contributed by atoms with Gasteiger partial charge in [0.05, 0.1) is 24.4 Å². The standard InChI is InChI=1S/C15H21FN4O/c1-10-14(15(21-4)20(3)18-10)13(9-17)19(2)12-7-5-11(16)6-8-12/h5-8,13H,9,17H2,1-4H3. The molecule has 1 aromatic carbocycles. The molecule has 6 heteroatoms. The number of nitrogens with two attached hydrogens (primary N) is 1. The van der Waals surface area contributed by atoms with Gasteiger partial charge in [0.2, 0.25) is 5.88 Å². The maximum absolute atomic E-state index is 13.1. The highest BCUT2D eigenvalue weighted by atomic mass is 19.1. The molecule has 1 unspecified atom stereocenters. The second-order valence-corrected chi connectivity index (χ2v) is 4.97. The van der Waals surface area contributed by atoms with Crippen molar-refractivity contribution in [1.29, 1.82) is 0 Å². The summed E-state index contributed by atoms with van der Waals surface area (Å²) in [5, 5.41) is 4.39. The van der Waals surface area contributed by atoms with Crippen molar-refractivity contribution in [3.05, 3.63) is 41.3 Å². The maximum atomic E-state index is 13.1. The molecular weight excluding hydrogens is 271 g/mol. The van der Waals surface area contributed by atoms with Gasteiger partial charge >= 0.3 is 0 Å². The molecule has 2 rings (SSSR count). The minimum atomic E-state index is -0.258. The molecule has 1 atom stereocenters. The normalized spacial score (nSPS) is 12.3. The van der Waals surface area contributed by atoms with Gasteiger partial charge in [-0.2, -0.15) is 5.10 Å². The highest BCUT2D eigenvalue weighted by molar-refractivity contribution is 5.50. The highest BCUT2D eigenvalue weighted by Crippen LogP contribution is 2.33. The summed E-state index contributed by atoms with van der Waals surface area (Å²) >= 11 is 0. The number of methoxy groups -OCH3 is 1. The van der Waals surface area contributed by atoms with Crippen LogP contribution in [0.5, 0.6) is 5.88 Å². The van der Waals surface area contributed by atoms with Gasteiger partial charge in [0, 0.05) is 26.3 Å². The Morgan fingerprint density at radius 1 is 1.38 bits per heavy atom. The van der Waals surface area contributed by atoms with Crippen molar-refractivity contribution in [3.63, 3.8) is 0 Å². The SMILES string of the molecule is COc1c(C(CN)N(C)c2ccc(F)cc2)c(C)nn1C. The molecule has 0 amide bonds. The van der Waals surface area contributed by atoms with Crippen molar-refractivity contribution in [2.75, 3.05) is 25.6 Å². The lowest BCUT2D eigenvalue weighted by molar-refractivity contribution is 0.366. The van der Waals surface area contributed by atoms with Crippen LogP contribution in [0.3, 0.4) is 0 Å². The Morgan fingerprint density at radius 2 is 2.00 bits per heavy atom. The zero-order chi connectivity index (χ0) is 15.6. The summed E-state index contributed by atoms with van der Waals surface area (Å²) in [6.07, 6.45) is 0. The smallest absolute Gasteiger partial charge is 0.216 e. The van der Waals surface area contributed by atoms with Crippen LogP contribution in [0.15, 0.2) is 24.3 Å². The minimum absolute atomic E-state index is 0.0980. The van der Waals surface area contributed by atoms with E-state index in [0.717, 1.165) is 16.9 Å². The van der Waals surface area contributed by atoms with Crippen molar-refractivity contribution in [3.8, 4) is 5.88 Å². The first-order chi connectivity index (χ1) is 9.99. The molecule has 0 saturated carbocycles. The van der Waals surface area contributed by atoms with Crippen molar-refractivity contribution in [1.82, 2.24) is 9.78 Å². The van der Waals surface area contributed by atoms with Crippen LogP contribution in [0.1, 0.15) is 17.3 Å². The van der Waals surface area contributed by atoms with Crippen LogP contribution in [-0.4, -0.2) is 30.5 Å². The van der Waals surface area contributed by atoms with E-state index < -0.39 is 0 Å². The van der Waals surface area contributed by atoms with Gasteiger partial charge in [-0.05, 0) is 31.2 Å². The summed E-state index contributed by atoms with van der Waals surface area (Å²) in [5.41, 5.74) is 8.68. The molecule has 0 bridgehead atoms. The number of halogens is 1. The van der Waals surface area contributed by atoms with Crippen LogP contribution in [-0.2, 0) is 7.05 Å². The Kier molecular flexibility index (Phi) is 4.47. The van der Waals surface area contributed by atoms with Gasteiger partial charge in [0.25, 0.3) is 0 Å². The van der Waals surface area contributed by atoms with Crippen molar-refractivity contribution in [2.24, 2.45) is 12.8 Å². The predicted octanol–water partition coefficient (Wildman–Crippen LogP) is 2.01. The van der Waals surface area contributed by atoms with Gasteiger partial charge in [-0.3, -0.25) is 0 Å². The van der Waals surface area contributed by atoms with Gasteiger partial charge in [-0.1, -0.05) is 0 Å². The average molecular weight is 292 g/mol. The third-order valence-corrected chi connectivity index (χ3v) is 3.67. The fourth-order valence-electron chi connectivity index (χ4n) is 2.60. The molecule has 0 spiro atoms. The van der Waals surface area contributed by atoms with E-state index in [-0.39, 0.29) is 11.9 Å². The van der Waals surface area contributed by atoms with E-state index in [9.17, 15) is 4.39 Å². The summed E-state index contributed by atoms with van der Waals surface area (Å²) in [6, 6.07) is 6.24. The molecule has 2 aromatic rings. The molecule has 0 aliphatic carbocycles. The third-order valence-electron chi connectivity index (χ3n) is 3.67. The number of likely N-dealkylation sites (N-methyl/N-ethyl adjacent to an activating group) is 1. The predicted molar refractivity (Wildman–Crippen MR) is 81.1 cm³/mol. The van der Waals surface area contributed by atoms with E-state index in [1.54, 1.807) is 23.9 Å². The molecule has 0 fully saturated rings. The summed E-state index contributed by atoms with van der Waals surface area (Å²) in [5.74, 6) is 0.434. The van der Waals surface area contributed by atoms with E-state index in [1.165, 1.54) is 12.1 Å². The van der Waals surface area contributed by atoms with E-state index in [2.05, 4.69) is 5.10 Å². The first-order valence-electron chi connectivity index (χ1n) is 6.75. The number of hydrogen-bond donors (Lipinski definition) is 1. The quantitative estimate of drug-likeness (QED) is 0.916. The lowest BCUT2D eigenvalue weighted by Gasteiger charge is -2.29. The fraction of sp³-hybridized carbons (Fsp3) is 0.400. The van der Waals surface area contributed by atoms with Gasteiger partial charge < -0.3 is 15.4 Å². The molecular formula is C15H21FN4O. The molecule has 114 valence electrons. The van der Waals surface area contributed by atoms with E-state index in [0.29, 0.717) is 12.4 Å². The Labute approximate surface area is 124 Å². The number of ether oxygens (including phenoxy) is 1. The summed E-state index contributed by atoms with van der Waals surface area (Å²) in [7, 11) is 5.38. The van der Waals surface area contributed by atoms with Gasteiger partial charge in [-0.15, -0.1) is 0 Å². The number of rotatable bonds is 5. The molecule has 0 radical (unpaired) electrons. The molecule has 0 aliphatic rings. The van der Waals surface area contributed by atoms with E-state index >= 15 is 0 Å². The topological polar surface area (TPSA) is 56.3 Å². The zero-order valence-corrected chi connectivity index (χ0v) is 12.8. The van der Waals surface area contributed by atoms with Crippen LogP contribution in [0, 0.1) is 12.7 Å². The Bertz CT molecular complexity index is 609. The first kappa shape index (κ1) is 15.3. The largest absolute Gasteiger partial charge is 0.481 e. The second-order valence-electron chi connectivity index (χ2n) is 4.97. The van der Waals surface area contributed by atoms with Gasteiger partial charge in [0.1, 0.15) is 5.82 Å². The second kappa shape index (κ2) is 6.13. The average Bonchev–Trinajstić information content (AvgIpc) is 2.74. The molecule has 0 saturated heterocycles. The fourth-order valence-corrected chi connectivity index (χ4v) is 2.60. The first-order valence-corrected chi connectivity index (χ1v) is 6.75. The molecule has 2 N–H and O–H groups in total. The third kappa shape index (κ3) is 2.85. The van der Waals surface area contributed by atoms with Crippen molar-refractivity contribution >= 4 is 5.69 Å². The monoisotopic (exact) mass is 292 g/mol. The number of benzene rings is 1. The summed E-state index contributed by atoms with van der Waals surface area (Å²) in [6.45, 7) is 2.33. The molecule has 5 nitrogen and oxygen atoms in total. The Balaban J connectivity index is 2.42. The number of nitrogens with zero attached hydrogens (tertiary/aromatic N) is 3. The van der Waals surface area contributed by atoms with Gasteiger partial charge in [-0.25, -0.2) is 9.07 Å². The van der Waals surface area contributed by atoms with E-state index in [1.807, 2.05) is 25.9 Å². The van der Waals surface area contributed by atoms with Crippen molar-refractivity contribution in [2.45, 2.75) is 13.0 Å². The van der Waals surface area contributed by atoms with Crippen LogP contribution in [0.2, 0.25) is 0 Å². The van der Waals surface area contributed by atoms with Crippen LogP contribution in [0.25, 0.3) is 0 Å². The summed E-state index contributed by atoms with van der Waals surface area (Å²) in [4.78, 5) is 2.01. The number of hydrogen-bond acceptors (Lipinski definition) is 4. The van der Waals surface area contributed by atoms with Crippen LogP contribution in [0.4, 0.5) is 10.1 Å². The van der Waals surface area contributed by atoms with Crippen LogP contribution < -0.4 is 15.4 Å². The lowest BCUT2D eigenvalue weighted by Crippen LogP contribution is -2.31. The molecule has 0 aliphatic heterocycles. The Hall–Kier alpha value is -2.08. The maximum Gasteiger partial charge on any atom is 0.216 e. The zero-order valence-electron chi connectivity index (χ0n) is 12.8. The minimum Gasteiger partial charge on any atom is -0.481 e. The lowest BCUT2D eigenvalue weighted by atomic mass is 10.1. The van der Waals surface area contributed by atoms with Gasteiger partial charge in [0.15, 0.2) is 0 Å². The molecule has 1 heterocycles. The number of aromatic nitrogens is 2. The highest BCUT2D eigenvalue weighted by Gasteiger charge is 2.25. The van der Waals surface area contributed by atoms with Crippen LogP contribution >= 0.6 is 0 Å². The number of anilines is 1. The van der Waals surface area contributed by atoms with E-state index in [4.69, 9.17) is 10.5 Å².